The van der Waals surface area contributed by atoms with E-state index in [1.165, 1.54) is 41.7 Å². The molecule has 0 aliphatic carbocycles. The number of rotatable bonds is 10. The first-order valence-corrected chi connectivity index (χ1v) is 11.7. The van der Waals surface area contributed by atoms with Gasteiger partial charge in [-0.1, -0.05) is 0 Å². The predicted molar refractivity (Wildman–Crippen MR) is 116 cm³/mol. The van der Waals surface area contributed by atoms with Crippen LogP contribution in [-0.4, -0.2) is 65.2 Å². The number of nitrogens with one attached hydrogen (secondary N) is 1. The lowest BCUT2D eigenvalue weighted by molar-refractivity contribution is -0.121. The number of benzene rings is 2. The van der Waals surface area contributed by atoms with Gasteiger partial charge in [-0.2, -0.15) is 4.31 Å². The molecule has 0 unspecified atom stereocenters. The molecule has 1 heterocycles. The normalized spacial score (nSPS) is 14.7. The number of methoxy groups -OCH3 is 1. The zero-order valence-electron chi connectivity index (χ0n) is 17.9. The van der Waals surface area contributed by atoms with E-state index in [-0.39, 0.29) is 29.6 Å². The Kier molecular flexibility index (Phi) is 8.43. The quantitative estimate of drug-likeness (QED) is 0.538. The second-order valence-corrected chi connectivity index (χ2v) is 9.08. The number of carbonyl (C=O) groups excluding carboxylic acids is 1. The number of hydrogen-bond donors (Lipinski definition) is 1. The summed E-state index contributed by atoms with van der Waals surface area (Å²) in [6.45, 7) is 1.89. The average molecular weight is 467 g/mol. The van der Waals surface area contributed by atoms with Crippen molar-refractivity contribution in [2.45, 2.75) is 17.7 Å². The third kappa shape index (κ3) is 6.41. The summed E-state index contributed by atoms with van der Waals surface area (Å²) >= 11 is 0. The molecule has 1 amide bonds. The fourth-order valence-corrected chi connectivity index (χ4v) is 4.73. The van der Waals surface area contributed by atoms with Gasteiger partial charge in [-0.25, -0.2) is 12.8 Å². The van der Waals surface area contributed by atoms with E-state index in [2.05, 4.69) is 5.32 Å². The second kappa shape index (κ2) is 11.3. The lowest BCUT2D eigenvalue weighted by Crippen LogP contribution is -2.40. The van der Waals surface area contributed by atoms with Crippen LogP contribution in [0, 0.1) is 5.82 Å². The van der Waals surface area contributed by atoms with Crippen molar-refractivity contribution in [1.82, 2.24) is 9.62 Å². The van der Waals surface area contributed by atoms with Gasteiger partial charge in [-0.15, -0.1) is 0 Å². The van der Waals surface area contributed by atoms with Gasteiger partial charge in [-0.05, 0) is 54.4 Å². The van der Waals surface area contributed by atoms with Crippen LogP contribution in [-0.2, 0) is 26.0 Å². The maximum absolute atomic E-state index is 12.9. The van der Waals surface area contributed by atoms with Crippen molar-refractivity contribution in [2.75, 3.05) is 46.6 Å². The molecule has 8 nitrogen and oxygen atoms in total. The van der Waals surface area contributed by atoms with Gasteiger partial charge in [0.2, 0.25) is 15.9 Å². The molecule has 1 saturated heterocycles. The van der Waals surface area contributed by atoms with E-state index >= 15 is 0 Å². The minimum atomic E-state index is -3.64. The molecule has 1 aliphatic rings. The molecule has 0 radical (unpaired) electrons. The monoisotopic (exact) mass is 466 g/mol. The Bertz CT molecular complexity index is 1010. The Morgan fingerprint density at radius 1 is 1.16 bits per heavy atom. The highest BCUT2D eigenvalue weighted by Gasteiger charge is 2.27. The molecular formula is C22H27FN2O6S. The van der Waals surface area contributed by atoms with Crippen molar-refractivity contribution >= 4 is 15.9 Å². The molecule has 1 fully saturated rings. The van der Waals surface area contributed by atoms with Gasteiger partial charge in [0.25, 0.3) is 0 Å². The van der Waals surface area contributed by atoms with Crippen LogP contribution >= 0.6 is 0 Å². The summed E-state index contributed by atoms with van der Waals surface area (Å²) in [5.41, 5.74) is 0.638. The fourth-order valence-electron chi connectivity index (χ4n) is 3.27. The summed E-state index contributed by atoms with van der Waals surface area (Å²) in [4.78, 5) is 12.4. The molecule has 3 rings (SSSR count). The van der Waals surface area contributed by atoms with Crippen molar-refractivity contribution in [3.63, 3.8) is 0 Å². The van der Waals surface area contributed by atoms with Crippen molar-refractivity contribution in [1.29, 1.82) is 0 Å². The van der Waals surface area contributed by atoms with Gasteiger partial charge >= 0.3 is 0 Å². The first-order chi connectivity index (χ1) is 15.4. The van der Waals surface area contributed by atoms with E-state index in [0.29, 0.717) is 56.3 Å². The van der Waals surface area contributed by atoms with E-state index in [9.17, 15) is 17.6 Å². The van der Waals surface area contributed by atoms with Crippen molar-refractivity contribution in [3.8, 4) is 11.5 Å². The van der Waals surface area contributed by atoms with Crippen LogP contribution in [0.25, 0.3) is 0 Å². The summed E-state index contributed by atoms with van der Waals surface area (Å²) in [7, 11) is -2.14. The third-order valence-corrected chi connectivity index (χ3v) is 6.88. The first kappa shape index (κ1) is 24.0. The second-order valence-electron chi connectivity index (χ2n) is 7.14. The molecule has 0 bridgehead atoms. The Hall–Kier alpha value is -2.69. The van der Waals surface area contributed by atoms with Crippen LogP contribution < -0.4 is 14.8 Å². The number of hydrogen-bond acceptors (Lipinski definition) is 6. The molecular weight excluding hydrogens is 439 g/mol. The number of morpholine rings is 1. The van der Waals surface area contributed by atoms with Crippen LogP contribution in [0.15, 0.2) is 47.4 Å². The average Bonchev–Trinajstić information content (AvgIpc) is 2.82. The molecule has 0 spiro atoms. The molecule has 2 aromatic carbocycles. The summed E-state index contributed by atoms with van der Waals surface area (Å²) in [6, 6.07) is 10.3. The highest BCUT2D eigenvalue weighted by molar-refractivity contribution is 7.89. The van der Waals surface area contributed by atoms with Gasteiger partial charge < -0.3 is 19.5 Å². The molecule has 1 aliphatic heterocycles. The van der Waals surface area contributed by atoms with Crippen LogP contribution in [0.5, 0.6) is 11.5 Å². The van der Waals surface area contributed by atoms with E-state index in [4.69, 9.17) is 14.2 Å². The van der Waals surface area contributed by atoms with Gasteiger partial charge in [-0.3, -0.25) is 4.79 Å². The Balaban J connectivity index is 1.53. The number of carbonyl (C=O) groups is 1. The predicted octanol–water partition coefficient (Wildman–Crippen LogP) is 1.98. The first-order valence-electron chi connectivity index (χ1n) is 10.3. The minimum Gasteiger partial charge on any atom is -0.496 e. The van der Waals surface area contributed by atoms with E-state index in [1.807, 2.05) is 0 Å². The molecule has 0 saturated carbocycles. The SMILES string of the molecule is COc1ccc(S(=O)(=O)N2CCOCC2)cc1CCC(=O)NCCOc1ccc(F)cc1. The standard InChI is InChI=1S/C22H27FN2O6S/c1-29-21-8-7-20(32(27,28)25-11-14-30-15-12-25)16-17(21)2-9-22(26)24-10-13-31-19-5-3-18(23)4-6-19/h3-8,16H,2,9-15H2,1H3,(H,24,26). The van der Waals surface area contributed by atoms with Crippen LogP contribution in [0.3, 0.4) is 0 Å². The maximum atomic E-state index is 12.9. The molecule has 1 N–H and O–H groups in total. The number of nitrogens with zero attached hydrogens (tertiary/aromatic N) is 1. The summed E-state index contributed by atoms with van der Waals surface area (Å²) in [5, 5.41) is 2.75. The Labute approximate surface area is 187 Å². The number of halogens is 1. The Morgan fingerprint density at radius 2 is 1.88 bits per heavy atom. The third-order valence-electron chi connectivity index (χ3n) is 4.99. The van der Waals surface area contributed by atoms with E-state index < -0.39 is 10.0 Å². The number of ether oxygens (including phenoxy) is 3. The number of amides is 1. The maximum Gasteiger partial charge on any atom is 0.243 e. The van der Waals surface area contributed by atoms with E-state index in [1.54, 1.807) is 12.1 Å². The zero-order valence-corrected chi connectivity index (χ0v) is 18.7. The molecule has 0 atom stereocenters. The Morgan fingerprint density at radius 3 is 2.56 bits per heavy atom. The van der Waals surface area contributed by atoms with E-state index in [0.717, 1.165) is 0 Å². The molecule has 32 heavy (non-hydrogen) atoms. The minimum absolute atomic E-state index is 0.161. The molecule has 0 aromatic heterocycles. The molecule has 174 valence electrons. The van der Waals surface area contributed by atoms with Crippen molar-refractivity contribution in [2.24, 2.45) is 0 Å². The summed E-state index contributed by atoms with van der Waals surface area (Å²) in [6.07, 6.45) is 0.480. The van der Waals surface area contributed by atoms with Gasteiger partial charge in [0, 0.05) is 19.5 Å². The van der Waals surface area contributed by atoms with Gasteiger partial charge in [0.1, 0.15) is 23.9 Å². The zero-order chi connectivity index (χ0) is 23.0. The lowest BCUT2D eigenvalue weighted by Gasteiger charge is -2.26. The van der Waals surface area contributed by atoms with Crippen molar-refractivity contribution in [3.05, 3.63) is 53.8 Å². The molecule has 2 aromatic rings. The smallest absolute Gasteiger partial charge is 0.243 e. The summed E-state index contributed by atoms with van der Waals surface area (Å²) in [5.74, 6) is 0.501. The van der Waals surface area contributed by atoms with Crippen LogP contribution in [0.1, 0.15) is 12.0 Å². The fraction of sp³-hybridized carbons (Fsp3) is 0.409. The van der Waals surface area contributed by atoms with Crippen LogP contribution in [0.4, 0.5) is 4.39 Å². The largest absolute Gasteiger partial charge is 0.496 e. The highest BCUT2D eigenvalue weighted by atomic mass is 32.2. The number of sulfonamides is 1. The lowest BCUT2D eigenvalue weighted by atomic mass is 10.1. The van der Waals surface area contributed by atoms with Crippen LogP contribution in [0.2, 0.25) is 0 Å². The molecule has 10 heteroatoms. The van der Waals surface area contributed by atoms with Gasteiger partial charge in [0.05, 0.1) is 31.8 Å². The summed E-state index contributed by atoms with van der Waals surface area (Å²) < 4.78 is 56.1. The number of aryl methyl sites for hydroxylation is 1. The highest BCUT2D eigenvalue weighted by Crippen LogP contribution is 2.26. The van der Waals surface area contributed by atoms with Gasteiger partial charge in [0.15, 0.2) is 0 Å². The van der Waals surface area contributed by atoms with Crippen molar-refractivity contribution < 1.29 is 31.8 Å². The topological polar surface area (TPSA) is 94.2 Å².